The van der Waals surface area contributed by atoms with Crippen LogP contribution in [0.4, 0.5) is 18.9 Å². The molecule has 2 heterocycles. The lowest BCUT2D eigenvalue weighted by atomic mass is 9.80. The van der Waals surface area contributed by atoms with Crippen molar-refractivity contribution in [3.8, 4) is 0 Å². The molecular formula is C31H33F3N2O3S. The normalized spacial score (nSPS) is 18.4. The molecule has 0 bridgehead atoms. The molecule has 212 valence electrons. The quantitative estimate of drug-likeness (QED) is 0.178. The van der Waals surface area contributed by atoms with Crippen molar-refractivity contribution in [1.82, 2.24) is 4.98 Å². The number of carbonyl (C=O) groups excluding carboxylic acids is 1. The highest BCUT2D eigenvalue weighted by atomic mass is 32.2. The maximum absolute atomic E-state index is 13.4. The molecule has 0 spiro atoms. The Hall–Kier alpha value is -3.46. The first-order chi connectivity index (χ1) is 19.1. The molecule has 0 saturated carbocycles. The minimum atomic E-state index is -4.44. The zero-order valence-electron chi connectivity index (χ0n) is 22.5. The van der Waals surface area contributed by atoms with E-state index >= 15 is 0 Å². The number of hydrogen-bond donors (Lipinski definition) is 2. The second-order valence-electron chi connectivity index (χ2n) is 10.0. The molecule has 0 radical (unpaired) electrons. The van der Waals surface area contributed by atoms with Crippen LogP contribution in [0.25, 0.3) is 0 Å². The fraction of sp³-hybridized carbons (Fsp3) is 0.355. The Kier molecular flexibility index (Phi) is 9.45. The van der Waals surface area contributed by atoms with Gasteiger partial charge in [0.15, 0.2) is 0 Å². The van der Waals surface area contributed by atoms with Crippen LogP contribution in [-0.4, -0.2) is 21.7 Å². The lowest BCUT2D eigenvalue weighted by Crippen LogP contribution is -2.41. The Balaban J connectivity index is 1.50. The van der Waals surface area contributed by atoms with Gasteiger partial charge in [0.1, 0.15) is 16.4 Å². The summed E-state index contributed by atoms with van der Waals surface area (Å²) in [5.41, 5.74) is 1.39. The standard InChI is InChI=1S/C31H33F3N2O3S/c1-3-16-30(17-15-21-9-6-5-7-10-21)19-26(37)28(29(38)39-30)25(4-2)22-11-8-12-24(18-22)36-40-27-14-13-23(20-35-27)31(32,33)34/h5-14,18,20,25,36-37H,3-4,15-17,19H2,1-2H3/t25-,30-/m1/s1. The maximum atomic E-state index is 13.4. The van der Waals surface area contributed by atoms with E-state index in [4.69, 9.17) is 4.74 Å². The molecular weight excluding hydrogens is 537 g/mol. The number of pyridine rings is 1. The SMILES string of the molecule is CCC[C@@]1(CCc2ccccc2)CC(O)=C([C@H](CC)c2cccc(NSc3ccc(C(F)(F)F)cn3)c2)C(=O)O1. The number of aliphatic hydroxyl groups is 1. The van der Waals surface area contributed by atoms with Gasteiger partial charge in [-0.25, -0.2) is 9.78 Å². The van der Waals surface area contributed by atoms with E-state index in [0.717, 1.165) is 48.2 Å². The van der Waals surface area contributed by atoms with Gasteiger partial charge in [-0.3, -0.25) is 0 Å². The predicted octanol–water partition coefficient (Wildman–Crippen LogP) is 8.64. The third-order valence-electron chi connectivity index (χ3n) is 7.13. The minimum absolute atomic E-state index is 0.0753. The summed E-state index contributed by atoms with van der Waals surface area (Å²) in [5.74, 6) is -0.790. The molecule has 1 aliphatic heterocycles. The van der Waals surface area contributed by atoms with Crippen molar-refractivity contribution in [2.45, 2.75) is 75.1 Å². The van der Waals surface area contributed by atoms with Crippen LogP contribution in [0, 0.1) is 0 Å². The third kappa shape index (κ3) is 7.18. The average molecular weight is 571 g/mol. The van der Waals surface area contributed by atoms with E-state index in [1.165, 1.54) is 6.07 Å². The first-order valence-electron chi connectivity index (χ1n) is 13.4. The van der Waals surface area contributed by atoms with Crippen molar-refractivity contribution in [3.05, 3.63) is 101 Å². The zero-order valence-corrected chi connectivity index (χ0v) is 23.3. The van der Waals surface area contributed by atoms with Gasteiger partial charge in [0.2, 0.25) is 0 Å². The van der Waals surface area contributed by atoms with Gasteiger partial charge >= 0.3 is 12.1 Å². The number of aliphatic hydroxyl groups excluding tert-OH is 1. The summed E-state index contributed by atoms with van der Waals surface area (Å²) in [6, 6.07) is 19.7. The second kappa shape index (κ2) is 12.8. The summed E-state index contributed by atoms with van der Waals surface area (Å²) < 4.78 is 47.6. The van der Waals surface area contributed by atoms with Crippen LogP contribution in [-0.2, 0) is 22.1 Å². The molecule has 0 saturated heterocycles. The molecule has 2 N–H and O–H groups in total. The molecule has 9 heteroatoms. The van der Waals surface area contributed by atoms with Gasteiger partial charge in [-0.1, -0.05) is 62.7 Å². The molecule has 40 heavy (non-hydrogen) atoms. The molecule has 4 rings (SSSR count). The smallest absolute Gasteiger partial charge is 0.417 e. The van der Waals surface area contributed by atoms with E-state index in [0.29, 0.717) is 30.0 Å². The number of rotatable bonds is 11. The van der Waals surface area contributed by atoms with Crippen LogP contribution in [0.5, 0.6) is 0 Å². The summed E-state index contributed by atoms with van der Waals surface area (Å²) in [5, 5.41) is 11.6. The van der Waals surface area contributed by atoms with Crippen LogP contribution in [0.2, 0.25) is 0 Å². The summed E-state index contributed by atoms with van der Waals surface area (Å²) in [6.45, 7) is 3.99. The summed E-state index contributed by atoms with van der Waals surface area (Å²) >= 11 is 1.08. The number of aryl methyl sites for hydroxylation is 1. The molecule has 0 amide bonds. The summed E-state index contributed by atoms with van der Waals surface area (Å²) in [6.07, 6.45) is 0.0540. The number of cyclic esters (lactones) is 1. The van der Waals surface area contributed by atoms with Gasteiger partial charge in [-0.05, 0) is 61.1 Å². The fourth-order valence-electron chi connectivity index (χ4n) is 5.17. The number of esters is 1. The number of carbonyl (C=O) groups is 1. The number of nitrogens with one attached hydrogen (secondary N) is 1. The summed E-state index contributed by atoms with van der Waals surface area (Å²) in [7, 11) is 0. The van der Waals surface area contributed by atoms with E-state index in [-0.39, 0.29) is 23.7 Å². The highest BCUT2D eigenvalue weighted by Gasteiger charge is 2.43. The van der Waals surface area contributed by atoms with E-state index in [1.807, 2.05) is 68.4 Å². The van der Waals surface area contributed by atoms with E-state index in [9.17, 15) is 23.1 Å². The van der Waals surface area contributed by atoms with Gasteiger partial charge in [0.05, 0.1) is 11.1 Å². The van der Waals surface area contributed by atoms with Crippen LogP contribution in [0.1, 0.15) is 68.6 Å². The highest BCUT2D eigenvalue weighted by Crippen LogP contribution is 2.42. The number of benzene rings is 2. The molecule has 3 aromatic rings. The average Bonchev–Trinajstić information content (AvgIpc) is 2.93. The van der Waals surface area contributed by atoms with Crippen molar-refractivity contribution in [2.75, 3.05) is 4.72 Å². The monoisotopic (exact) mass is 570 g/mol. The van der Waals surface area contributed by atoms with E-state index < -0.39 is 23.3 Å². The predicted molar refractivity (Wildman–Crippen MR) is 151 cm³/mol. The van der Waals surface area contributed by atoms with Gasteiger partial charge in [-0.2, -0.15) is 13.2 Å². The molecule has 5 nitrogen and oxygen atoms in total. The Labute approximate surface area is 237 Å². The second-order valence-corrected chi connectivity index (χ2v) is 10.8. The van der Waals surface area contributed by atoms with E-state index in [2.05, 4.69) is 9.71 Å². The Morgan fingerprint density at radius 1 is 1.07 bits per heavy atom. The number of halogens is 3. The first kappa shape index (κ1) is 29.5. The first-order valence-corrected chi connectivity index (χ1v) is 14.2. The topological polar surface area (TPSA) is 71.5 Å². The van der Waals surface area contributed by atoms with Gasteiger partial charge in [0.25, 0.3) is 0 Å². The maximum Gasteiger partial charge on any atom is 0.417 e. The molecule has 2 atom stereocenters. The molecule has 0 fully saturated rings. The zero-order chi connectivity index (χ0) is 28.8. The molecule has 1 aromatic heterocycles. The minimum Gasteiger partial charge on any atom is -0.512 e. The van der Waals surface area contributed by atoms with Crippen molar-refractivity contribution >= 4 is 23.6 Å². The third-order valence-corrected chi connectivity index (χ3v) is 7.92. The van der Waals surface area contributed by atoms with Crippen molar-refractivity contribution < 1.29 is 27.8 Å². The van der Waals surface area contributed by atoms with Gasteiger partial charge in [-0.15, -0.1) is 0 Å². The Bertz CT molecular complexity index is 1330. The number of anilines is 1. The van der Waals surface area contributed by atoms with Gasteiger partial charge < -0.3 is 14.6 Å². The van der Waals surface area contributed by atoms with Crippen molar-refractivity contribution in [2.24, 2.45) is 0 Å². The largest absolute Gasteiger partial charge is 0.512 e. The number of alkyl halides is 3. The lowest BCUT2D eigenvalue weighted by molar-refractivity contribution is -0.161. The van der Waals surface area contributed by atoms with Gasteiger partial charge in [0, 0.05) is 36.2 Å². The highest BCUT2D eigenvalue weighted by molar-refractivity contribution is 8.00. The summed E-state index contributed by atoms with van der Waals surface area (Å²) in [4.78, 5) is 17.3. The number of aromatic nitrogens is 1. The number of nitrogens with zero attached hydrogens (tertiary/aromatic N) is 1. The molecule has 0 aliphatic carbocycles. The van der Waals surface area contributed by atoms with Crippen LogP contribution < -0.4 is 4.72 Å². The molecule has 1 aliphatic rings. The van der Waals surface area contributed by atoms with Crippen molar-refractivity contribution in [1.29, 1.82) is 0 Å². The van der Waals surface area contributed by atoms with Crippen molar-refractivity contribution in [3.63, 3.8) is 0 Å². The van der Waals surface area contributed by atoms with Crippen LogP contribution >= 0.6 is 11.9 Å². The Morgan fingerprint density at radius 3 is 2.48 bits per heavy atom. The lowest BCUT2D eigenvalue weighted by Gasteiger charge is -2.38. The number of ether oxygens (including phenoxy) is 1. The Morgan fingerprint density at radius 2 is 1.85 bits per heavy atom. The van der Waals surface area contributed by atoms with Crippen LogP contribution in [0.3, 0.4) is 0 Å². The fourth-order valence-corrected chi connectivity index (χ4v) is 5.76. The van der Waals surface area contributed by atoms with E-state index in [1.54, 1.807) is 0 Å². The number of hydrogen-bond acceptors (Lipinski definition) is 6. The molecule has 0 unspecified atom stereocenters. The van der Waals surface area contributed by atoms with Crippen LogP contribution in [0.15, 0.2) is 89.3 Å². The molecule has 2 aromatic carbocycles.